The van der Waals surface area contributed by atoms with Crippen molar-refractivity contribution < 1.29 is 9.59 Å². The zero-order chi connectivity index (χ0) is 11.4. The molecule has 1 aliphatic rings. The lowest BCUT2D eigenvalue weighted by Gasteiger charge is -2.30. The van der Waals surface area contributed by atoms with E-state index in [-0.39, 0.29) is 17.7 Å². The van der Waals surface area contributed by atoms with Crippen LogP contribution in [0.15, 0.2) is 0 Å². The zero-order valence-electron chi connectivity index (χ0n) is 9.40. The molecule has 0 saturated carbocycles. The standard InChI is InChI=1S/C11H19NO2S/c1-3-9(7-15)6-12-10(13)4-8(2)5-11(12)14/h8-9,15H,3-7H2,1-2H3. The molecule has 2 amide bonds. The van der Waals surface area contributed by atoms with E-state index in [2.05, 4.69) is 19.6 Å². The van der Waals surface area contributed by atoms with Crippen molar-refractivity contribution in [3.8, 4) is 0 Å². The molecule has 1 saturated heterocycles. The molecular weight excluding hydrogens is 210 g/mol. The monoisotopic (exact) mass is 229 g/mol. The van der Waals surface area contributed by atoms with Gasteiger partial charge in [0.15, 0.2) is 0 Å². The highest BCUT2D eigenvalue weighted by molar-refractivity contribution is 7.80. The first kappa shape index (κ1) is 12.6. The van der Waals surface area contributed by atoms with E-state index in [1.165, 1.54) is 4.90 Å². The number of imide groups is 1. The number of hydrogen-bond donors (Lipinski definition) is 1. The number of amides is 2. The molecule has 0 N–H and O–H groups in total. The third kappa shape index (κ3) is 3.23. The second-order valence-corrected chi connectivity index (χ2v) is 4.73. The van der Waals surface area contributed by atoms with Crippen LogP contribution < -0.4 is 0 Å². The Morgan fingerprint density at radius 3 is 2.33 bits per heavy atom. The Morgan fingerprint density at radius 1 is 1.40 bits per heavy atom. The highest BCUT2D eigenvalue weighted by atomic mass is 32.1. The van der Waals surface area contributed by atoms with Gasteiger partial charge in [-0.1, -0.05) is 20.3 Å². The van der Waals surface area contributed by atoms with Gasteiger partial charge >= 0.3 is 0 Å². The molecule has 1 aliphatic heterocycles. The maximum Gasteiger partial charge on any atom is 0.229 e. The lowest BCUT2D eigenvalue weighted by molar-refractivity contribution is -0.150. The van der Waals surface area contributed by atoms with Gasteiger partial charge in [-0.05, 0) is 17.6 Å². The van der Waals surface area contributed by atoms with E-state index in [4.69, 9.17) is 0 Å². The number of rotatable bonds is 4. The molecule has 0 aromatic carbocycles. The van der Waals surface area contributed by atoms with E-state index in [1.807, 2.05) is 6.92 Å². The van der Waals surface area contributed by atoms with Crippen molar-refractivity contribution in [2.75, 3.05) is 12.3 Å². The Morgan fingerprint density at radius 2 is 1.93 bits per heavy atom. The van der Waals surface area contributed by atoms with Gasteiger partial charge in [0.25, 0.3) is 0 Å². The highest BCUT2D eigenvalue weighted by Gasteiger charge is 2.31. The van der Waals surface area contributed by atoms with Crippen LogP contribution in [-0.4, -0.2) is 29.0 Å². The van der Waals surface area contributed by atoms with Crippen molar-refractivity contribution >= 4 is 24.4 Å². The Bertz CT molecular complexity index is 233. The Labute approximate surface area is 96.6 Å². The average Bonchev–Trinajstić information content (AvgIpc) is 2.17. The molecule has 15 heavy (non-hydrogen) atoms. The quantitative estimate of drug-likeness (QED) is 0.589. The summed E-state index contributed by atoms with van der Waals surface area (Å²) >= 11 is 4.22. The molecule has 1 unspecified atom stereocenters. The summed E-state index contributed by atoms with van der Waals surface area (Å²) in [5.74, 6) is 1.23. The van der Waals surface area contributed by atoms with E-state index < -0.39 is 0 Å². The minimum absolute atomic E-state index is 0.0148. The largest absolute Gasteiger partial charge is 0.282 e. The summed E-state index contributed by atoms with van der Waals surface area (Å²) < 4.78 is 0. The molecule has 0 spiro atoms. The van der Waals surface area contributed by atoms with Crippen LogP contribution in [-0.2, 0) is 9.59 Å². The average molecular weight is 229 g/mol. The van der Waals surface area contributed by atoms with E-state index >= 15 is 0 Å². The first-order valence-electron chi connectivity index (χ1n) is 5.52. The van der Waals surface area contributed by atoms with Crippen molar-refractivity contribution in [3.63, 3.8) is 0 Å². The van der Waals surface area contributed by atoms with Crippen LogP contribution in [0.25, 0.3) is 0 Å². The first-order valence-corrected chi connectivity index (χ1v) is 6.15. The molecular formula is C11H19NO2S. The number of thiol groups is 1. The minimum Gasteiger partial charge on any atom is -0.282 e. The lowest BCUT2D eigenvalue weighted by Crippen LogP contribution is -2.45. The molecule has 0 aromatic rings. The third-order valence-electron chi connectivity index (χ3n) is 2.92. The number of carbonyl (C=O) groups excluding carboxylic acids is 2. The Hall–Kier alpha value is -0.510. The molecule has 3 nitrogen and oxygen atoms in total. The molecule has 0 bridgehead atoms. The van der Waals surface area contributed by atoms with Gasteiger partial charge < -0.3 is 0 Å². The van der Waals surface area contributed by atoms with Gasteiger partial charge in [-0.15, -0.1) is 0 Å². The fourth-order valence-electron chi connectivity index (χ4n) is 1.81. The fraction of sp³-hybridized carbons (Fsp3) is 0.818. The van der Waals surface area contributed by atoms with Gasteiger partial charge in [0.2, 0.25) is 11.8 Å². The number of piperidine rings is 1. The van der Waals surface area contributed by atoms with Crippen molar-refractivity contribution in [2.24, 2.45) is 11.8 Å². The number of carbonyl (C=O) groups is 2. The summed E-state index contributed by atoms with van der Waals surface area (Å²) in [6, 6.07) is 0. The summed E-state index contributed by atoms with van der Waals surface area (Å²) in [7, 11) is 0. The molecule has 0 aliphatic carbocycles. The SMILES string of the molecule is CCC(CS)CN1C(=O)CC(C)CC1=O. The third-order valence-corrected chi connectivity index (χ3v) is 3.44. The maximum atomic E-state index is 11.7. The Kier molecular flexibility index (Phi) is 4.64. The second-order valence-electron chi connectivity index (χ2n) is 4.37. The van der Waals surface area contributed by atoms with Gasteiger partial charge in [0, 0.05) is 19.4 Å². The lowest BCUT2D eigenvalue weighted by atomic mass is 9.96. The molecule has 1 atom stereocenters. The van der Waals surface area contributed by atoms with E-state index in [0.717, 1.165) is 12.2 Å². The summed E-state index contributed by atoms with van der Waals surface area (Å²) in [6.07, 6.45) is 1.97. The second kappa shape index (κ2) is 5.54. The van der Waals surface area contributed by atoms with Gasteiger partial charge in [0.1, 0.15) is 0 Å². The topological polar surface area (TPSA) is 37.4 Å². The summed E-state index contributed by atoms with van der Waals surface area (Å²) in [6.45, 7) is 4.55. The van der Waals surface area contributed by atoms with Crippen LogP contribution >= 0.6 is 12.6 Å². The van der Waals surface area contributed by atoms with Crippen LogP contribution in [0, 0.1) is 11.8 Å². The van der Waals surface area contributed by atoms with E-state index in [9.17, 15) is 9.59 Å². The van der Waals surface area contributed by atoms with E-state index in [1.54, 1.807) is 0 Å². The molecule has 0 radical (unpaired) electrons. The summed E-state index contributed by atoms with van der Waals surface area (Å²) in [5.41, 5.74) is 0. The molecule has 1 rings (SSSR count). The molecule has 4 heteroatoms. The van der Waals surface area contributed by atoms with Crippen molar-refractivity contribution in [3.05, 3.63) is 0 Å². The zero-order valence-corrected chi connectivity index (χ0v) is 10.3. The van der Waals surface area contributed by atoms with Gasteiger partial charge in [-0.3, -0.25) is 14.5 Å². The van der Waals surface area contributed by atoms with Gasteiger partial charge in [-0.2, -0.15) is 12.6 Å². The Balaban J connectivity index is 2.60. The van der Waals surface area contributed by atoms with Crippen LogP contribution in [0.4, 0.5) is 0 Å². The van der Waals surface area contributed by atoms with Crippen LogP contribution in [0.2, 0.25) is 0 Å². The van der Waals surface area contributed by atoms with Gasteiger partial charge in [-0.25, -0.2) is 0 Å². The number of hydrogen-bond acceptors (Lipinski definition) is 3. The van der Waals surface area contributed by atoms with E-state index in [0.29, 0.717) is 25.3 Å². The van der Waals surface area contributed by atoms with Crippen LogP contribution in [0.1, 0.15) is 33.1 Å². The fourth-order valence-corrected chi connectivity index (χ4v) is 2.18. The number of nitrogens with zero attached hydrogens (tertiary/aromatic N) is 1. The van der Waals surface area contributed by atoms with Crippen LogP contribution in [0.3, 0.4) is 0 Å². The highest BCUT2D eigenvalue weighted by Crippen LogP contribution is 2.20. The smallest absolute Gasteiger partial charge is 0.229 e. The molecule has 1 fully saturated rings. The normalized spacial score (nSPS) is 20.9. The predicted molar refractivity (Wildman–Crippen MR) is 62.8 cm³/mol. The summed E-state index contributed by atoms with van der Waals surface area (Å²) in [5, 5.41) is 0. The van der Waals surface area contributed by atoms with Crippen molar-refractivity contribution in [1.82, 2.24) is 4.90 Å². The summed E-state index contributed by atoms with van der Waals surface area (Å²) in [4.78, 5) is 24.7. The maximum absolute atomic E-state index is 11.7. The van der Waals surface area contributed by atoms with Gasteiger partial charge in [0.05, 0.1) is 0 Å². The molecule has 0 aromatic heterocycles. The predicted octanol–water partition coefficient (Wildman–Crippen LogP) is 1.73. The number of likely N-dealkylation sites (tertiary alicyclic amines) is 1. The van der Waals surface area contributed by atoms with Crippen molar-refractivity contribution in [1.29, 1.82) is 0 Å². The molecule has 86 valence electrons. The molecule has 1 heterocycles. The first-order chi connectivity index (χ1) is 7.08. The van der Waals surface area contributed by atoms with Crippen LogP contribution in [0.5, 0.6) is 0 Å². The minimum atomic E-state index is -0.0148. The van der Waals surface area contributed by atoms with Crippen molar-refractivity contribution in [2.45, 2.75) is 33.1 Å².